The van der Waals surface area contributed by atoms with Crippen LogP contribution in [0.4, 0.5) is 0 Å². The third-order valence-electron chi connectivity index (χ3n) is 2.17. The van der Waals surface area contributed by atoms with Gasteiger partial charge in [0.2, 0.25) is 0 Å². The first-order chi connectivity index (χ1) is 7.70. The molecule has 2 rings (SSSR count). The number of aromatic nitrogens is 2. The Labute approximate surface area is 98.5 Å². The molecule has 1 heterocycles. The fourth-order valence-electron chi connectivity index (χ4n) is 1.38. The van der Waals surface area contributed by atoms with Crippen molar-refractivity contribution in [3.63, 3.8) is 0 Å². The smallest absolute Gasteiger partial charge is 0.119 e. The average Bonchev–Trinajstić information content (AvgIpc) is 2.30. The molecule has 0 aliphatic rings. The molecule has 80 valence electrons. The van der Waals surface area contributed by atoms with Crippen LogP contribution in [0.5, 0.6) is 0 Å². The van der Waals surface area contributed by atoms with Gasteiger partial charge in [-0.25, -0.2) is 9.97 Å². The van der Waals surface area contributed by atoms with E-state index >= 15 is 0 Å². The second-order valence-corrected chi connectivity index (χ2v) is 4.82. The van der Waals surface area contributed by atoms with Gasteiger partial charge in [0.15, 0.2) is 0 Å². The van der Waals surface area contributed by atoms with Crippen molar-refractivity contribution in [3.8, 4) is 6.07 Å². The molecular weight excluding hydrogens is 218 g/mol. The van der Waals surface area contributed by atoms with Crippen LogP contribution in [-0.4, -0.2) is 15.2 Å². The lowest BCUT2D eigenvalue weighted by molar-refractivity contribution is 1.03. The van der Waals surface area contributed by atoms with Crippen LogP contribution in [0.15, 0.2) is 29.3 Å². The van der Waals surface area contributed by atoms with Crippen LogP contribution >= 0.6 is 11.8 Å². The fraction of sp³-hybridized carbons (Fsp3) is 0.250. The van der Waals surface area contributed by atoms with Gasteiger partial charge in [-0.1, -0.05) is 23.9 Å². The monoisotopic (exact) mass is 229 g/mol. The Hall–Kier alpha value is -1.60. The molecule has 0 amide bonds. The number of para-hydroxylation sites is 2. The molecule has 0 spiro atoms. The third kappa shape index (κ3) is 2.15. The maximum absolute atomic E-state index is 8.78. The molecule has 2 aromatic rings. The highest BCUT2D eigenvalue weighted by molar-refractivity contribution is 8.00. The van der Waals surface area contributed by atoms with Crippen molar-refractivity contribution in [3.05, 3.63) is 30.0 Å². The van der Waals surface area contributed by atoms with E-state index in [4.69, 9.17) is 5.26 Å². The first kappa shape index (κ1) is 10.9. The lowest BCUT2D eigenvalue weighted by Gasteiger charge is -2.06. The van der Waals surface area contributed by atoms with E-state index in [1.807, 2.05) is 38.1 Å². The Kier molecular flexibility index (Phi) is 3.07. The van der Waals surface area contributed by atoms with Gasteiger partial charge in [-0.05, 0) is 26.0 Å². The standard InChI is InChI=1S/C12H11N3S/c1-8(7-13)16-12-9(2)14-10-5-3-4-6-11(10)15-12/h3-6,8H,1-2H3/t8-/m0/s1. The molecule has 0 radical (unpaired) electrons. The van der Waals surface area contributed by atoms with E-state index in [9.17, 15) is 0 Å². The van der Waals surface area contributed by atoms with Crippen molar-refractivity contribution in [2.24, 2.45) is 0 Å². The van der Waals surface area contributed by atoms with Crippen LogP contribution in [-0.2, 0) is 0 Å². The number of rotatable bonds is 2. The van der Waals surface area contributed by atoms with Gasteiger partial charge < -0.3 is 0 Å². The Morgan fingerprint density at radius 1 is 1.25 bits per heavy atom. The highest BCUT2D eigenvalue weighted by Crippen LogP contribution is 2.25. The zero-order valence-corrected chi connectivity index (χ0v) is 9.95. The summed E-state index contributed by atoms with van der Waals surface area (Å²) in [6, 6.07) is 9.94. The normalized spacial score (nSPS) is 12.3. The van der Waals surface area contributed by atoms with Crippen molar-refractivity contribution in [1.29, 1.82) is 5.26 Å². The van der Waals surface area contributed by atoms with Crippen molar-refractivity contribution >= 4 is 22.8 Å². The summed E-state index contributed by atoms with van der Waals surface area (Å²) in [5.41, 5.74) is 2.65. The van der Waals surface area contributed by atoms with E-state index in [1.54, 1.807) is 0 Å². The summed E-state index contributed by atoms with van der Waals surface area (Å²) in [4.78, 5) is 8.98. The van der Waals surface area contributed by atoms with Gasteiger partial charge in [0.05, 0.1) is 28.0 Å². The molecule has 1 aromatic carbocycles. The number of nitrogens with zero attached hydrogens (tertiary/aromatic N) is 3. The largest absolute Gasteiger partial charge is 0.249 e. The van der Waals surface area contributed by atoms with Gasteiger partial charge in [0.25, 0.3) is 0 Å². The van der Waals surface area contributed by atoms with Gasteiger partial charge in [0, 0.05) is 0 Å². The van der Waals surface area contributed by atoms with Gasteiger partial charge in [-0.3, -0.25) is 0 Å². The Morgan fingerprint density at radius 2 is 1.88 bits per heavy atom. The average molecular weight is 229 g/mol. The molecule has 0 bridgehead atoms. The lowest BCUT2D eigenvalue weighted by Crippen LogP contribution is -1.97. The van der Waals surface area contributed by atoms with Crippen molar-refractivity contribution in [1.82, 2.24) is 9.97 Å². The zero-order chi connectivity index (χ0) is 11.5. The molecule has 16 heavy (non-hydrogen) atoms. The van der Waals surface area contributed by atoms with Crippen molar-refractivity contribution in [2.45, 2.75) is 24.1 Å². The zero-order valence-electron chi connectivity index (χ0n) is 9.14. The number of thioether (sulfide) groups is 1. The molecule has 0 saturated heterocycles. The predicted molar refractivity (Wildman–Crippen MR) is 65.2 cm³/mol. The van der Waals surface area contributed by atoms with Crippen LogP contribution in [0.1, 0.15) is 12.6 Å². The van der Waals surface area contributed by atoms with E-state index in [0.717, 1.165) is 21.8 Å². The second-order valence-electron chi connectivity index (χ2n) is 3.49. The second kappa shape index (κ2) is 4.50. The minimum Gasteiger partial charge on any atom is -0.249 e. The van der Waals surface area contributed by atoms with Crippen molar-refractivity contribution in [2.75, 3.05) is 0 Å². The van der Waals surface area contributed by atoms with Gasteiger partial charge in [-0.2, -0.15) is 5.26 Å². The molecule has 4 heteroatoms. The highest BCUT2D eigenvalue weighted by atomic mass is 32.2. The minimum atomic E-state index is -0.103. The van der Waals surface area contributed by atoms with Crippen LogP contribution in [0, 0.1) is 18.3 Å². The van der Waals surface area contributed by atoms with Gasteiger partial charge in [-0.15, -0.1) is 0 Å². The topological polar surface area (TPSA) is 49.6 Å². The number of hydrogen-bond acceptors (Lipinski definition) is 4. The molecule has 1 atom stereocenters. The van der Waals surface area contributed by atoms with Crippen LogP contribution in [0.2, 0.25) is 0 Å². The van der Waals surface area contributed by atoms with E-state index < -0.39 is 0 Å². The fourth-order valence-corrected chi connectivity index (χ4v) is 2.13. The van der Waals surface area contributed by atoms with Crippen LogP contribution in [0.25, 0.3) is 11.0 Å². The highest BCUT2D eigenvalue weighted by Gasteiger charge is 2.09. The number of nitriles is 1. The summed E-state index contributed by atoms with van der Waals surface area (Å²) in [6.07, 6.45) is 0. The van der Waals surface area contributed by atoms with Crippen LogP contribution < -0.4 is 0 Å². The third-order valence-corrected chi connectivity index (χ3v) is 3.24. The van der Waals surface area contributed by atoms with E-state index in [2.05, 4.69) is 16.0 Å². The van der Waals surface area contributed by atoms with Crippen molar-refractivity contribution < 1.29 is 0 Å². The first-order valence-corrected chi connectivity index (χ1v) is 5.88. The molecule has 3 nitrogen and oxygen atoms in total. The van der Waals surface area contributed by atoms with E-state index in [0.29, 0.717) is 0 Å². The van der Waals surface area contributed by atoms with E-state index in [-0.39, 0.29) is 5.25 Å². The Morgan fingerprint density at radius 3 is 2.50 bits per heavy atom. The molecule has 0 aliphatic heterocycles. The van der Waals surface area contributed by atoms with E-state index in [1.165, 1.54) is 11.8 Å². The number of fused-ring (bicyclic) bond motifs is 1. The Bertz CT molecular complexity index is 560. The molecule has 0 unspecified atom stereocenters. The summed E-state index contributed by atoms with van der Waals surface area (Å²) in [7, 11) is 0. The molecule has 1 aromatic heterocycles. The molecule has 0 fully saturated rings. The summed E-state index contributed by atoms with van der Waals surface area (Å²) < 4.78 is 0. The summed E-state index contributed by atoms with van der Waals surface area (Å²) in [5, 5.41) is 9.52. The summed E-state index contributed by atoms with van der Waals surface area (Å²) in [5.74, 6) is 0. The Balaban J connectivity index is 2.47. The maximum atomic E-state index is 8.78. The molecule has 0 aliphatic carbocycles. The quantitative estimate of drug-likeness (QED) is 0.743. The maximum Gasteiger partial charge on any atom is 0.119 e. The summed E-state index contributed by atoms with van der Waals surface area (Å²) in [6.45, 7) is 3.78. The van der Waals surface area contributed by atoms with Gasteiger partial charge in [0.1, 0.15) is 5.03 Å². The van der Waals surface area contributed by atoms with Gasteiger partial charge >= 0.3 is 0 Å². The number of aryl methyl sites for hydroxylation is 1. The summed E-state index contributed by atoms with van der Waals surface area (Å²) >= 11 is 1.45. The first-order valence-electron chi connectivity index (χ1n) is 5.00. The lowest BCUT2D eigenvalue weighted by atomic mass is 10.3. The molecule has 0 saturated carbocycles. The number of benzene rings is 1. The van der Waals surface area contributed by atoms with Crippen LogP contribution in [0.3, 0.4) is 0 Å². The SMILES string of the molecule is Cc1nc2ccccc2nc1S[C@@H](C)C#N. The minimum absolute atomic E-state index is 0.103. The predicted octanol–water partition coefficient (Wildman–Crippen LogP) is 2.94. The number of hydrogen-bond donors (Lipinski definition) is 0. The molecule has 0 N–H and O–H groups in total. The molecular formula is C12H11N3S.